The van der Waals surface area contributed by atoms with Gasteiger partial charge in [-0.3, -0.25) is 0 Å². The molecular formula is C13H19NOS. The first kappa shape index (κ1) is 11.8. The molecule has 88 valence electrons. The number of thioether (sulfide) groups is 1. The van der Waals surface area contributed by atoms with Crippen LogP contribution in [0.15, 0.2) is 24.3 Å². The molecule has 1 N–H and O–H groups in total. The van der Waals surface area contributed by atoms with E-state index < -0.39 is 6.10 Å². The molecule has 1 fully saturated rings. The maximum absolute atomic E-state index is 9.79. The summed E-state index contributed by atoms with van der Waals surface area (Å²) in [6.07, 6.45) is -0.391. The smallest absolute Gasteiger partial charge is 0.0781 e. The average molecular weight is 237 g/mol. The van der Waals surface area contributed by atoms with Crippen molar-refractivity contribution in [3.05, 3.63) is 29.8 Å². The quantitative estimate of drug-likeness (QED) is 0.855. The highest BCUT2D eigenvalue weighted by atomic mass is 32.2. The van der Waals surface area contributed by atoms with Gasteiger partial charge in [0.1, 0.15) is 0 Å². The van der Waals surface area contributed by atoms with E-state index in [1.54, 1.807) is 0 Å². The number of hydrogen-bond acceptors (Lipinski definition) is 3. The Morgan fingerprint density at radius 2 is 2.19 bits per heavy atom. The van der Waals surface area contributed by atoms with E-state index >= 15 is 0 Å². The standard InChI is InChI=1S/C13H19NOS/c1-10-9-16-8-7-14(10)13-6-4-3-5-12(13)11(2)15/h3-6,10-11,15H,7-9H2,1-2H3. The molecule has 1 aliphatic heterocycles. The molecule has 2 rings (SSSR count). The van der Waals surface area contributed by atoms with Gasteiger partial charge in [-0.1, -0.05) is 18.2 Å². The number of benzene rings is 1. The molecule has 2 unspecified atom stereocenters. The van der Waals surface area contributed by atoms with Crippen LogP contribution in [-0.2, 0) is 0 Å². The van der Waals surface area contributed by atoms with Crippen LogP contribution in [0.1, 0.15) is 25.5 Å². The Morgan fingerprint density at radius 1 is 1.44 bits per heavy atom. The third-order valence-corrected chi connectivity index (χ3v) is 4.25. The lowest BCUT2D eigenvalue weighted by Gasteiger charge is -2.36. The fourth-order valence-electron chi connectivity index (χ4n) is 2.19. The Kier molecular flexibility index (Phi) is 3.77. The van der Waals surface area contributed by atoms with Crippen molar-refractivity contribution in [3.8, 4) is 0 Å². The van der Waals surface area contributed by atoms with Crippen LogP contribution in [-0.4, -0.2) is 29.2 Å². The minimum atomic E-state index is -0.391. The van der Waals surface area contributed by atoms with Gasteiger partial charge in [0.05, 0.1) is 6.10 Å². The second-order valence-corrected chi connectivity index (χ2v) is 5.50. The van der Waals surface area contributed by atoms with E-state index in [0.717, 1.165) is 12.1 Å². The first-order valence-electron chi connectivity index (χ1n) is 5.81. The highest BCUT2D eigenvalue weighted by molar-refractivity contribution is 7.99. The lowest BCUT2D eigenvalue weighted by Crippen LogP contribution is -2.41. The SMILES string of the molecule is CC(O)c1ccccc1N1CCSCC1C. The zero-order valence-electron chi connectivity index (χ0n) is 9.89. The summed E-state index contributed by atoms with van der Waals surface area (Å²) in [5, 5.41) is 9.79. The van der Waals surface area contributed by atoms with E-state index in [1.807, 2.05) is 30.8 Å². The Bertz CT molecular complexity index is 354. The van der Waals surface area contributed by atoms with E-state index in [1.165, 1.54) is 17.2 Å². The largest absolute Gasteiger partial charge is 0.389 e. The Morgan fingerprint density at radius 3 is 2.88 bits per heavy atom. The second kappa shape index (κ2) is 5.11. The third-order valence-electron chi connectivity index (χ3n) is 3.06. The van der Waals surface area contributed by atoms with Gasteiger partial charge in [0, 0.05) is 35.3 Å². The van der Waals surface area contributed by atoms with Gasteiger partial charge in [0.25, 0.3) is 0 Å². The number of nitrogens with zero attached hydrogens (tertiary/aromatic N) is 1. The normalized spacial score (nSPS) is 23.2. The third kappa shape index (κ3) is 2.36. The summed E-state index contributed by atoms with van der Waals surface area (Å²) in [4.78, 5) is 2.42. The second-order valence-electron chi connectivity index (χ2n) is 4.35. The van der Waals surface area contributed by atoms with Crippen LogP contribution in [0.25, 0.3) is 0 Å². The molecule has 0 spiro atoms. The lowest BCUT2D eigenvalue weighted by molar-refractivity contribution is 0.199. The van der Waals surface area contributed by atoms with Gasteiger partial charge in [-0.2, -0.15) is 11.8 Å². The Balaban J connectivity index is 2.31. The first-order chi connectivity index (χ1) is 7.70. The van der Waals surface area contributed by atoms with E-state index in [2.05, 4.69) is 24.0 Å². The molecule has 0 bridgehead atoms. The van der Waals surface area contributed by atoms with E-state index in [-0.39, 0.29) is 0 Å². The summed E-state index contributed by atoms with van der Waals surface area (Å²) in [5.74, 6) is 2.35. The van der Waals surface area contributed by atoms with Crippen molar-refractivity contribution in [1.82, 2.24) is 0 Å². The molecular weight excluding hydrogens is 218 g/mol. The average Bonchev–Trinajstić information content (AvgIpc) is 2.29. The van der Waals surface area contributed by atoms with Gasteiger partial charge in [0.15, 0.2) is 0 Å². The molecule has 1 heterocycles. The molecule has 0 amide bonds. The van der Waals surface area contributed by atoms with Crippen molar-refractivity contribution in [3.63, 3.8) is 0 Å². The zero-order chi connectivity index (χ0) is 11.5. The van der Waals surface area contributed by atoms with Crippen molar-refractivity contribution < 1.29 is 5.11 Å². The van der Waals surface area contributed by atoms with Crippen LogP contribution in [0.2, 0.25) is 0 Å². The molecule has 3 heteroatoms. The molecule has 1 aromatic rings. The van der Waals surface area contributed by atoms with Crippen molar-refractivity contribution in [2.75, 3.05) is 23.0 Å². The van der Waals surface area contributed by atoms with Gasteiger partial charge < -0.3 is 10.0 Å². The van der Waals surface area contributed by atoms with Crippen LogP contribution in [0.4, 0.5) is 5.69 Å². The summed E-state index contributed by atoms with van der Waals surface area (Å²) in [7, 11) is 0. The molecule has 0 saturated carbocycles. The van der Waals surface area contributed by atoms with Gasteiger partial charge in [0.2, 0.25) is 0 Å². The summed E-state index contributed by atoms with van der Waals surface area (Å²) in [6.45, 7) is 5.17. The van der Waals surface area contributed by atoms with Gasteiger partial charge in [-0.15, -0.1) is 0 Å². The molecule has 0 aliphatic carbocycles. The summed E-state index contributed by atoms with van der Waals surface area (Å²) < 4.78 is 0. The van der Waals surface area contributed by atoms with Crippen LogP contribution < -0.4 is 4.90 Å². The van der Waals surface area contributed by atoms with Crippen LogP contribution in [0.5, 0.6) is 0 Å². The maximum Gasteiger partial charge on any atom is 0.0781 e. The minimum absolute atomic E-state index is 0.391. The highest BCUT2D eigenvalue weighted by Gasteiger charge is 2.21. The Hall–Kier alpha value is -0.670. The topological polar surface area (TPSA) is 23.5 Å². The predicted octanol–water partition coefficient (Wildman–Crippen LogP) is 2.68. The molecule has 0 aromatic heterocycles. The highest BCUT2D eigenvalue weighted by Crippen LogP contribution is 2.30. The number of aliphatic hydroxyl groups excluding tert-OH is 1. The van der Waals surface area contributed by atoms with Crippen LogP contribution >= 0.6 is 11.8 Å². The van der Waals surface area contributed by atoms with Crippen molar-refractivity contribution in [2.24, 2.45) is 0 Å². The summed E-state index contributed by atoms with van der Waals surface area (Å²) in [5.41, 5.74) is 2.24. The summed E-state index contributed by atoms with van der Waals surface area (Å²) >= 11 is 2.01. The van der Waals surface area contributed by atoms with Crippen LogP contribution in [0.3, 0.4) is 0 Å². The zero-order valence-corrected chi connectivity index (χ0v) is 10.7. The van der Waals surface area contributed by atoms with Crippen LogP contribution in [0, 0.1) is 0 Å². The Labute approximate surface area is 102 Å². The molecule has 1 saturated heterocycles. The molecule has 1 aliphatic rings. The van der Waals surface area contributed by atoms with E-state index in [9.17, 15) is 5.11 Å². The maximum atomic E-state index is 9.79. The number of para-hydroxylation sites is 1. The monoisotopic (exact) mass is 237 g/mol. The van der Waals surface area contributed by atoms with Gasteiger partial charge in [-0.25, -0.2) is 0 Å². The number of rotatable bonds is 2. The molecule has 0 radical (unpaired) electrons. The number of anilines is 1. The number of hydrogen-bond donors (Lipinski definition) is 1. The van der Waals surface area contributed by atoms with Crippen molar-refractivity contribution >= 4 is 17.4 Å². The fourth-order valence-corrected chi connectivity index (χ4v) is 3.20. The first-order valence-corrected chi connectivity index (χ1v) is 6.97. The molecule has 1 aromatic carbocycles. The molecule has 16 heavy (non-hydrogen) atoms. The molecule has 2 atom stereocenters. The van der Waals surface area contributed by atoms with E-state index in [4.69, 9.17) is 0 Å². The predicted molar refractivity (Wildman–Crippen MR) is 71.2 cm³/mol. The fraction of sp³-hybridized carbons (Fsp3) is 0.538. The summed E-state index contributed by atoms with van der Waals surface area (Å²) in [6, 6.07) is 8.74. The molecule has 2 nitrogen and oxygen atoms in total. The lowest BCUT2D eigenvalue weighted by atomic mass is 10.1. The van der Waals surface area contributed by atoms with Gasteiger partial charge in [-0.05, 0) is 19.9 Å². The van der Waals surface area contributed by atoms with Crippen molar-refractivity contribution in [2.45, 2.75) is 26.0 Å². The van der Waals surface area contributed by atoms with Crippen molar-refractivity contribution in [1.29, 1.82) is 0 Å². The minimum Gasteiger partial charge on any atom is -0.389 e. The van der Waals surface area contributed by atoms with Gasteiger partial charge >= 0.3 is 0 Å². The van der Waals surface area contributed by atoms with E-state index in [0.29, 0.717) is 6.04 Å². The number of aliphatic hydroxyl groups is 1.